The first-order valence-electron chi connectivity index (χ1n) is 7.83. The van der Waals surface area contributed by atoms with Gasteiger partial charge in [-0.15, -0.1) is 11.3 Å². The monoisotopic (exact) mass is 394 g/mol. The number of amides is 1. The Balaban J connectivity index is 1.93. The van der Waals surface area contributed by atoms with Crippen molar-refractivity contribution < 1.29 is 24.0 Å². The minimum absolute atomic E-state index is 0.0688. The maximum Gasteiger partial charge on any atom is 0.306 e. The van der Waals surface area contributed by atoms with Gasteiger partial charge >= 0.3 is 5.97 Å². The van der Waals surface area contributed by atoms with Crippen LogP contribution in [0.25, 0.3) is 0 Å². The van der Waals surface area contributed by atoms with Gasteiger partial charge in [0.15, 0.2) is 11.2 Å². The number of nitrogen functional groups attached to an aromatic ring is 1. The summed E-state index contributed by atoms with van der Waals surface area (Å²) in [5, 5.41) is 13.8. The number of nitrogens with two attached hydrogens (primary N) is 1. The first-order chi connectivity index (χ1) is 12.8. The summed E-state index contributed by atoms with van der Waals surface area (Å²) in [5.41, 5.74) is 5.42. The van der Waals surface area contributed by atoms with Gasteiger partial charge in [0.2, 0.25) is 0 Å². The van der Waals surface area contributed by atoms with Crippen molar-refractivity contribution in [3.63, 3.8) is 0 Å². The Morgan fingerprint density at radius 3 is 2.78 bits per heavy atom. The molecule has 27 heavy (non-hydrogen) atoms. The van der Waals surface area contributed by atoms with Crippen molar-refractivity contribution >= 4 is 39.7 Å². The van der Waals surface area contributed by atoms with Crippen LogP contribution in [0, 0.1) is 10.1 Å². The molecule has 0 unspecified atom stereocenters. The van der Waals surface area contributed by atoms with E-state index in [9.17, 15) is 19.7 Å². The molecule has 1 atom stereocenters. The molecule has 0 radical (unpaired) electrons. The number of hydrogen-bond acceptors (Lipinski definition) is 9. The number of carbonyl (C=O) groups is 2. The molecular formula is C16H18N4O6S. The molecule has 1 amide bonds. The summed E-state index contributed by atoms with van der Waals surface area (Å²) < 4.78 is 10.2. The van der Waals surface area contributed by atoms with Crippen molar-refractivity contribution in [1.82, 2.24) is 4.98 Å². The zero-order valence-electron chi connectivity index (χ0n) is 14.6. The predicted molar refractivity (Wildman–Crippen MR) is 98.7 cm³/mol. The fourth-order valence-electron chi connectivity index (χ4n) is 2.11. The minimum atomic E-state index is -1.09. The fraction of sp³-hybridized carbons (Fsp3) is 0.312. The van der Waals surface area contributed by atoms with E-state index in [-0.39, 0.29) is 23.5 Å². The highest BCUT2D eigenvalue weighted by atomic mass is 32.1. The lowest BCUT2D eigenvalue weighted by Crippen LogP contribution is -2.30. The quantitative estimate of drug-likeness (QED) is 0.393. The van der Waals surface area contributed by atoms with E-state index in [1.165, 1.54) is 43.6 Å². The predicted octanol–water partition coefficient (Wildman–Crippen LogP) is 2.15. The number of aryl methyl sites for hydroxylation is 1. The average molecular weight is 394 g/mol. The molecule has 1 aromatic carbocycles. The number of thiazole rings is 1. The van der Waals surface area contributed by atoms with Crippen LogP contribution in [0.5, 0.6) is 5.75 Å². The van der Waals surface area contributed by atoms with Crippen molar-refractivity contribution in [2.45, 2.75) is 25.9 Å². The first kappa shape index (κ1) is 20.1. The second-order valence-electron chi connectivity index (χ2n) is 5.43. The summed E-state index contributed by atoms with van der Waals surface area (Å²) in [5.74, 6) is -0.949. The van der Waals surface area contributed by atoms with Crippen molar-refractivity contribution in [3.05, 3.63) is 39.4 Å². The number of rotatable bonds is 8. The largest absolute Gasteiger partial charge is 0.495 e. The Bertz CT molecular complexity index is 853. The SMILES string of the molecule is COc1ccc([N+](=O)[O-])cc1NC(=O)[C@@H](C)OC(=O)CCc1cnc(N)s1. The van der Waals surface area contributed by atoms with Gasteiger partial charge in [0.25, 0.3) is 11.6 Å². The number of aromatic nitrogens is 1. The molecule has 1 heterocycles. The lowest BCUT2D eigenvalue weighted by Gasteiger charge is -2.15. The van der Waals surface area contributed by atoms with Crippen molar-refractivity contribution in [3.8, 4) is 5.75 Å². The number of nitrogens with one attached hydrogen (secondary N) is 1. The molecule has 0 aliphatic heterocycles. The molecule has 0 aliphatic rings. The third-order valence-electron chi connectivity index (χ3n) is 3.48. The van der Waals surface area contributed by atoms with E-state index < -0.39 is 22.9 Å². The van der Waals surface area contributed by atoms with Crippen LogP contribution in [0.15, 0.2) is 24.4 Å². The number of benzene rings is 1. The van der Waals surface area contributed by atoms with Gasteiger partial charge in [-0.05, 0) is 19.4 Å². The van der Waals surface area contributed by atoms with Gasteiger partial charge in [-0.1, -0.05) is 0 Å². The number of nitro groups is 1. The molecule has 0 bridgehead atoms. The van der Waals surface area contributed by atoms with Gasteiger partial charge in [-0.2, -0.15) is 0 Å². The van der Waals surface area contributed by atoms with Gasteiger partial charge in [-0.25, -0.2) is 4.98 Å². The van der Waals surface area contributed by atoms with Crippen LogP contribution in [0.2, 0.25) is 0 Å². The molecule has 0 aliphatic carbocycles. The summed E-state index contributed by atoms with van der Waals surface area (Å²) in [7, 11) is 1.37. The number of carbonyl (C=O) groups excluding carboxylic acids is 2. The fourth-order valence-corrected chi connectivity index (χ4v) is 2.80. The second kappa shape index (κ2) is 8.94. The van der Waals surface area contributed by atoms with Crippen LogP contribution in [0.3, 0.4) is 0 Å². The van der Waals surface area contributed by atoms with Gasteiger partial charge in [-0.3, -0.25) is 19.7 Å². The van der Waals surface area contributed by atoms with E-state index in [2.05, 4.69) is 10.3 Å². The molecule has 10 nitrogen and oxygen atoms in total. The highest BCUT2D eigenvalue weighted by Gasteiger charge is 2.21. The Hall–Kier alpha value is -3.21. The number of methoxy groups -OCH3 is 1. The molecule has 0 saturated carbocycles. The third kappa shape index (κ3) is 5.64. The molecule has 11 heteroatoms. The Morgan fingerprint density at radius 2 is 2.19 bits per heavy atom. The average Bonchev–Trinajstić information content (AvgIpc) is 3.05. The van der Waals surface area contributed by atoms with Gasteiger partial charge < -0.3 is 20.5 Å². The van der Waals surface area contributed by atoms with Crippen LogP contribution in [0.1, 0.15) is 18.2 Å². The third-order valence-corrected chi connectivity index (χ3v) is 4.36. The summed E-state index contributed by atoms with van der Waals surface area (Å²) in [6, 6.07) is 3.79. The molecule has 144 valence electrons. The van der Waals surface area contributed by atoms with Crippen molar-refractivity contribution in [1.29, 1.82) is 0 Å². The van der Waals surface area contributed by atoms with E-state index in [1.807, 2.05) is 0 Å². The molecule has 0 fully saturated rings. The standard InChI is InChI=1S/C16H18N4O6S/c1-9(26-14(21)6-4-11-8-18-16(17)27-11)15(22)19-12-7-10(20(23)24)3-5-13(12)25-2/h3,5,7-9H,4,6H2,1-2H3,(H2,17,18)(H,19,22)/t9-/m1/s1. The van der Waals surface area contributed by atoms with Crippen LogP contribution in [-0.2, 0) is 20.7 Å². The van der Waals surface area contributed by atoms with E-state index >= 15 is 0 Å². The lowest BCUT2D eigenvalue weighted by atomic mass is 10.2. The minimum Gasteiger partial charge on any atom is -0.495 e. The van der Waals surface area contributed by atoms with E-state index in [1.54, 1.807) is 6.20 Å². The van der Waals surface area contributed by atoms with E-state index in [0.29, 0.717) is 11.6 Å². The molecule has 0 spiro atoms. The number of anilines is 2. The van der Waals surface area contributed by atoms with Crippen LogP contribution >= 0.6 is 11.3 Å². The summed E-state index contributed by atoms with van der Waals surface area (Å²) in [6.45, 7) is 1.40. The normalized spacial score (nSPS) is 11.5. The highest BCUT2D eigenvalue weighted by molar-refractivity contribution is 7.15. The molecule has 2 rings (SSSR count). The number of esters is 1. The van der Waals surface area contributed by atoms with E-state index in [4.69, 9.17) is 15.2 Å². The Kier molecular flexibility index (Phi) is 6.66. The van der Waals surface area contributed by atoms with E-state index in [0.717, 1.165) is 4.88 Å². The summed E-state index contributed by atoms with van der Waals surface area (Å²) in [4.78, 5) is 39.1. The Morgan fingerprint density at radius 1 is 1.44 bits per heavy atom. The number of nitro benzene ring substituents is 1. The van der Waals surface area contributed by atoms with Gasteiger partial charge in [0.05, 0.1) is 24.1 Å². The maximum atomic E-state index is 12.2. The number of non-ortho nitro benzene ring substituents is 1. The number of hydrogen-bond donors (Lipinski definition) is 2. The topological polar surface area (TPSA) is 147 Å². The smallest absolute Gasteiger partial charge is 0.306 e. The second-order valence-corrected chi connectivity index (χ2v) is 6.57. The van der Waals surface area contributed by atoms with Crippen molar-refractivity contribution in [2.75, 3.05) is 18.2 Å². The van der Waals surface area contributed by atoms with Crippen molar-refractivity contribution in [2.24, 2.45) is 0 Å². The molecular weight excluding hydrogens is 376 g/mol. The molecule has 2 aromatic rings. The number of ether oxygens (including phenoxy) is 2. The molecule has 3 N–H and O–H groups in total. The Labute approximate surface area is 158 Å². The lowest BCUT2D eigenvalue weighted by molar-refractivity contribution is -0.384. The zero-order valence-corrected chi connectivity index (χ0v) is 15.4. The van der Waals surface area contributed by atoms with Gasteiger partial charge in [0, 0.05) is 23.2 Å². The number of nitrogens with zero attached hydrogens (tertiary/aromatic N) is 2. The summed E-state index contributed by atoms with van der Waals surface area (Å²) in [6.07, 6.45) is 0.964. The first-order valence-corrected chi connectivity index (χ1v) is 8.64. The van der Waals surface area contributed by atoms with Crippen LogP contribution in [-0.4, -0.2) is 35.0 Å². The maximum absolute atomic E-state index is 12.2. The van der Waals surface area contributed by atoms with Gasteiger partial charge in [0.1, 0.15) is 5.75 Å². The van der Waals surface area contributed by atoms with Crippen LogP contribution < -0.4 is 15.8 Å². The molecule has 1 aromatic heterocycles. The summed E-state index contributed by atoms with van der Waals surface area (Å²) >= 11 is 1.28. The zero-order chi connectivity index (χ0) is 20.0. The highest BCUT2D eigenvalue weighted by Crippen LogP contribution is 2.29. The molecule has 0 saturated heterocycles. The van der Waals surface area contributed by atoms with Crippen LogP contribution in [0.4, 0.5) is 16.5 Å².